The Balaban J connectivity index is 1.47. The van der Waals surface area contributed by atoms with Gasteiger partial charge in [0, 0.05) is 28.5 Å². The molecule has 0 aliphatic carbocycles. The van der Waals surface area contributed by atoms with E-state index in [0.29, 0.717) is 16.4 Å². The zero-order valence-corrected chi connectivity index (χ0v) is 13.4. The molecule has 23 heavy (non-hydrogen) atoms. The third kappa shape index (κ3) is 4.08. The normalized spacial score (nSPS) is 10.7. The molecule has 0 radical (unpaired) electrons. The van der Waals surface area contributed by atoms with E-state index in [1.807, 2.05) is 16.0 Å². The van der Waals surface area contributed by atoms with Gasteiger partial charge in [-0.1, -0.05) is 11.6 Å². The van der Waals surface area contributed by atoms with Crippen molar-refractivity contribution in [2.24, 2.45) is 0 Å². The number of imidazole rings is 1. The molecule has 0 saturated carbocycles. The van der Waals surface area contributed by atoms with Gasteiger partial charge in [0.25, 0.3) is 5.91 Å². The van der Waals surface area contributed by atoms with Gasteiger partial charge in [0.15, 0.2) is 11.6 Å². The number of ether oxygens (including phenoxy) is 1. The van der Waals surface area contributed by atoms with Crippen molar-refractivity contribution in [3.8, 4) is 0 Å². The standard InChI is InChI=1S/C15H12ClN3O3S/c16-10-1-3-11(4-2-10)17-13(20)9-22-14(21)7-12-8-19-5-6-23-15(19)18-12/h1-6,8H,7,9H2,(H,17,20). The van der Waals surface area contributed by atoms with Gasteiger partial charge in [0.2, 0.25) is 0 Å². The topological polar surface area (TPSA) is 72.7 Å². The predicted molar refractivity (Wildman–Crippen MR) is 87.8 cm³/mol. The SMILES string of the molecule is O=C(COC(=O)Cc1cn2ccsc2n1)Nc1ccc(Cl)cc1. The maximum Gasteiger partial charge on any atom is 0.312 e. The van der Waals surface area contributed by atoms with Crippen LogP contribution in [0.3, 0.4) is 0 Å². The van der Waals surface area contributed by atoms with Crippen molar-refractivity contribution in [2.75, 3.05) is 11.9 Å². The highest BCUT2D eigenvalue weighted by Crippen LogP contribution is 2.13. The van der Waals surface area contributed by atoms with Crippen LogP contribution in [-0.2, 0) is 20.7 Å². The molecule has 0 saturated heterocycles. The molecule has 0 aliphatic heterocycles. The van der Waals surface area contributed by atoms with E-state index in [9.17, 15) is 9.59 Å². The van der Waals surface area contributed by atoms with Crippen molar-refractivity contribution in [3.63, 3.8) is 0 Å². The number of thiazole rings is 1. The maximum absolute atomic E-state index is 11.7. The number of fused-ring (bicyclic) bond motifs is 1. The Morgan fingerprint density at radius 1 is 1.30 bits per heavy atom. The van der Waals surface area contributed by atoms with Crippen molar-refractivity contribution < 1.29 is 14.3 Å². The van der Waals surface area contributed by atoms with Crippen molar-refractivity contribution in [2.45, 2.75) is 6.42 Å². The van der Waals surface area contributed by atoms with Crippen molar-refractivity contribution >= 4 is 45.5 Å². The molecule has 0 aliphatic rings. The van der Waals surface area contributed by atoms with Crippen LogP contribution in [0.4, 0.5) is 5.69 Å². The summed E-state index contributed by atoms with van der Waals surface area (Å²) in [6.45, 7) is -0.344. The summed E-state index contributed by atoms with van der Waals surface area (Å²) in [6.07, 6.45) is 3.66. The Morgan fingerprint density at radius 2 is 2.09 bits per heavy atom. The molecule has 2 heterocycles. The molecule has 118 valence electrons. The fourth-order valence-corrected chi connectivity index (χ4v) is 2.78. The summed E-state index contributed by atoms with van der Waals surface area (Å²) in [5.41, 5.74) is 1.20. The molecule has 1 amide bonds. The van der Waals surface area contributed by atoms with E-state index in [1.54, 1.807) is 30.5 Å². The average Bonchev–Trinajstić information content (AvgIpc) is 3.09. The van der Waals surface area contributed by atoms with Gasteiger partial charge >= 0.3 is 5.97 Å². The number of carbonyl (C=O) groups is 2. The highest BCUT2D eigenvalue weighted by Gasteiger charge is 2.11. The first-order chi connectivity index (χ1) is 11.1. The second-order valence-electron chi connectivity index (χ2n) is 4.72. The molecular formula is C15H12ClN3O3S. The fraction of sp³-hybridized carbons (Fsp3) is 0.133. The Bertz CT molecular complexity index is 813. The van der Waals surface area contributed by atoms with Crippen LogP contribution in [0.2, 0.25) is 5.02 Å². The summed E-state index contributed by atoms with van der Waals surface area (Å²) in [4.78, 5) is 28.6. The minimum atomic E-state index is -0.498. The highest BCUT2D eigenvalue weighted by molar-refractivity contribution is 7.15. The number of nitrogens with zero attached hydrogens (tertiary/aromatic N) is 2. The number of benzene rings is 1. The van der Waals surface area contributed by atoms with E-state index in [1.165, 1.54) is 11.3 Å². The van der Waals surface area contributed by atoms with E-state index in [2.05, 4.69) is 10.3 Å². The quantitative estimate of drug-likeness (QED) is 0.719. The highest BCUT2D eigenvalue weighted by atomic mass is 35.5. The minimum absolute atomic E-state index is 0.0304. The molecule has 1 N–H and O–H groups in total. The molecule has 8 heteroatoms. The zero-order valence-electron chi connectivity index (χ0n) is 11.9. The lowest BCUT2D eigenvalue weighted by Gasteiger charge is -2.06. The average molecular weight is 350 g/mol. The molecule has 0 atom stereocenters. The number of amides is 1. The van der Waals surface area contributed by atoms with Crippen molar-refractivity contribution in [3.05, 3.63) is 52.8 Å². The van der Waals surface area contributed by atoms with Crippen LogP contribution in [0.1, 0.15) is 5.69 Å². The summed E-state index contributed by atoms with van der Waals surface area (Å²) in [5.74, 6) is -0.909. The van der Waals surface area contributed by atoms with Gasteiger partial charge in [-0.3, -0.25) is 14.0 Å². The van der Waals surface area contributed by atoms with E-state index < -0.39 is 11.9 Å². The Kier molecular flexibility index (Phi) is 4.59. The number of hydrogen-bond acceptors (Lipinski definition) is 5. The Morgan fingerprint density at radius 3 is 2.83 bits per heavy atom. The smallest absolute Gasteiger partial charge is 0.312 e. The predicted octanol–water partition coefficient (Wildman–Crippen LogP) is 2.77. The van der Waals surface area contributed by atoms with Gasteiger partial charge in [0.1, 0.15) is 0 Å². The van der Waals surface area contributed by atoms with Gasteiger partial charge in [-0.15, -0.1) is 11.3 Å². The van der Waals surface area contributed by atoms with Gasteiger partial charge in [-0.25, -0.2) is 4.98 Å². The van der Waals surface area contributed by atoms with Gasteiger partial charge in [-0.05, 0) is 24.3 Å². The number of nitrogens with one attached hydrogen (secondary N) is 1. The largest absolute Gasteiger partial charge is 0.455 e. The fourth-order valence-electron chi connectivity index (χ4n) is 1.94. The first-order valence-electron chi connectivity index (χ1n) is 6.72. The molecule has 1 aromatic carbocycles. The number of rotatable bonds is 5. The maximum atomic E-state index is 11.7. The molecule has 0 bridgehead atoms. The number of anilines is 1. The zero-order chi connectivity index (χ0) is 16.2. The summed E-state index contributed by atoms with van der Waals surface area (Å²) in [5, 5.41) is 5.10. The lowest BCUT2D eigenvalue weighted by atomic mass is 10.3. The third-order valence-corrected chi connectivity index (χ3v) is 3.98. The van der Waals surface area contributed by atoms with Crippen LogP contribution in [0.25, 0.3) is 4.96 Å². The minimum Gasteiger partial charge on any atom is -0.455 e. The number of esters is 1. The van der Waals surface area contributed by atoms with Crippen LogP contribution in [-0.4, -0.2) is 27.9 Å². The molecule has 0 spiro atoms. The number of aromatic nitrogens is 2. The van der Waals surface area contributed by atoms with E-state index in [0.717, 1.165) is 4.96 Å². The Labute approximate surface area is 140 Å². The van der Waals surface area contributed by atoms with Gasteiger partial charge in [0.05, 0.1) is 12.1 Å². The van der Waals surface area contributed by atoms with E-state index in [-0.39, 0.29) is 13.0 Å². The van der Waals surface area contributed by atoms with Crippen LogP contribution in [0.5, 0.6) is 0 Å². The van der Waals surface area contributed by atoms with E-state index >= 15 is 0 Å². The number of hydrogen-bond donors (Lipinski definition) is 1. The van der Waals surface area contributed by atoms with Crippen molar-refractivity contribution in [1.82, 2.24) is 9.38 Å². The lowest BCUT2D eigenvalue weighted by molar-refractivity contribution is -0.146. The van der Waals surface area contributed by atoms with Gasteiger partial charge in [-0.2, -0.15) is 0 Å². The van der Waals surface area contributed by atoms with Crippen LogP contribution < -0.4 is 5.32 Å². The van der Waals surface area contributed by atoms with Crippen LogP contribution in [0, 0.1) is 0 Å². The first-order valence-corrected chi connectivity index (χ1v) is 7.98. The second-order valence-corrected chi connectivity index (χ2v) is 6.03. The first kappa shape index (κ1) is 15.5. The lowest BCUT2D eigenvalue weighted by Crippen LogP contribution is -2.21. The van der Waals surface area contributed by atoms with E-state index in [4.69, 9.17) is 16.3 Å². The Hall–Kier alpha value is -2.38. The van der Waals surface area contributed by atoms with Crippen LogP contribution >= 0.6 is 22.9 Å². The molecule has 3 aromatic rings. The molecule has 0 unspecified atom stereocenters. The van der Waals surface area contributed by atoms with Crippen LogP contribution in [0.15, 0.2) is 42.0 Å². The number of halogens is 1. The molecule has 2 aromatic heterocycles. The molecular weight excluding hydrogens is 338 g/mol. The van der Waals surface area contributed by atoms with Crippen molar-refractivity contribution in [1.29, 1.82) is 0 Å². The number of carbonyl (C=O) groups excluding carboxylic acids is 2. The molecule has 6 nitrogen and oxygen atoms in total. The molecule has 0 fully saturated rings. The summed E-state index contributed by atoms with van der Waals surface area (Å²) >= 11 is 7.24. The van der Waals surface area contributed by atoms with Gasteiger partial charge < -0.3 is 10.1 Å². The molecule has 3 rings (SSSR count). The summed E-state index contributed by atoms with van der Waals surface area (Å²) < 4.78 is 6.79. The third-order valence-electron chi connectivity index (χ3n) is 2.96. The second kappa shape index (κ2) is 6.80. The summed E-state index contributed by atoms with van der Waals surface area (Å²) in [7, 11) is 0. The monoisotopic (exact) mass is 349 g/mol. The summed E-state index contributed by atoms with van der Waals surface area (Å²) in [6, 6.07) is 6.65.